The summed E-state index contributed by atoms with van der Waals surface area (Å²) in [6, 6.07) is 14.8. The van der Waals surface area contributed by atoms with Gasteiger partial charge in [0, 0.05) is 41.2 Å². The molecule has 0 fully saturated rings. The van der Waals surface area contributed by atoms with Crippen molar-refractivity contribution in [1.82, 2.24) is 0 Å². The van der Waals surface area contributed by atoms with Gasteiger partial charge in [0.1, 0.15) is 11.5 Å². The normalized spacial score (nSPS) is 11.2. The highest BCUT2D eigenvalue weighted by molar-refractivity contribution is 9.10. The Morgan fingerprint density at radius 1 is 0.880 bits per heavy atom. The Labute approximate surface area is 164 Å². The molecule has 0 saturated carbocycles. The van der Waals surface area contributed by atoms with Crippen LogP contribution in [0.4, 0.5) is 0 Å². The topological polar surface area (TPSA) is 13.1 Å². The van der Waals surface area contributed by atoms with Crippen molar-refractivity contribution < 1.29 is 4.42 Å². The van der Waals surface area contributed by atoms with Crippen LogP contribution in [0.1, 0.15) is 14.6 Å². The largest absolute Gasteiger partial charge is 0.455 e. The van der Waals surface area contributed by atoms with E-state index in [0.717, 1.165) is 27.1 Å². The summed E-state index contributed by atoms with van der Waals surface area (Å²) < 4.78 is 7.42. The van der Waals surface area contributed by atoms with E-state index >= 15 is 0 Å². The summed E-state index contributed by atoms with van der Waals surface area (Å²) >= 11 is 7.23. The van der Waals surface area contributed by atoms with Gasteiger partial charge in [0.2, 0.25) is 0 Å². The number of halogens is 1. The second kappa shape index (κ2) is 6.60. The van der Waals surface area contributed by atoms with Gasteiger partial charge in [0.05, 0.1) is 0 Å². The van der Waals surface area contributed by atoms with Crippen LogP contribution in [0.5, 0.6) is 0 Å². The molecule has 0 N–H and O–H groups in total. The third-order valence-electron chi connectivity index (χ3n) is 4.20. The Bertz CT molecular complexity index is 1050. The van der Waals surface area contributed by atoms with Crippen LogP contribution in [0, 0.1) is 20.8 Å². The fraction of sp³-hybridized carbons (Fsp3) is 0.143. The van der Waals surface area contributed by atoms with Gasteiger partial charge in [-0.3, -0.25) is 0 Å². The van der Waals surface area contributed by atoms with Crippen molar-refractivity contribution in [1.29, 1.82) is 0 Å². The molecule has 3 heterocycles. The fourth-order valence-corrected chi connectivity index (χ4v) is 5.16. The first kappa shape index (κ1) is 16.8. The highest BCUT2D eigenvalue weighted by Gasteiger charge is 2.20. The van der Waals surface area contributed by atoms with Crippen LogP contribution < -0.4 is 0 Å². The van der Waals surface area contributed by atoms with E-state index in [9.17, 15) is 0 Å². The first-order valence-electron chi connectivity index (χ1n) is 8.04. The van der Waals surface area contributed by atoms with Gasteiger partial charge in [-0.2, -0.15) is 0 Å². The predicted octanol–water partition coefficient (Wildman–Crippen LogP) is 8.09. The minimum atomic E-state index is 0.893. The molecule has 0 radical (unpaired) electrons. The molecular weight excluding hydrogens is 412 g/mol. The lowest BCUT2D eigenvalue weighted by atomic mass is 10.0. The molecule has 0 aliphatic carbocycles. The van der Waals surface area contributed by atoms with E-state index in [1.54, 1.807) is 11.3 Å². The Morgan fingerprint density at radius 3 is 2.32 bits per heavy atom. The molecule has 0 bridgehead atoms. The van der Waals surface area contributed by atoms with Crippen LogP contribution >= 0.6 is 38.6 Å². The van der Waals surface area contributed by atoms with Gasteiger partial charge >= 0.3 is 0 Å². The van der Waals surface area contributed by atoms with Gasteiger partial charge < -0.3 is 4.42 Å². The van der Waals surface area contributed by atoms with Crippen LogP contribution in [-0.2, 0) is 0 Å². The summed E-state index contributed by atoms with van der Waals surface area (Å²) in [7, 11) is 0. The number of hydrogen-bond acceptors (Lipinski definition) is 3. The first-order valence-corrected chi connectivity index (χ1v) is 10.5. The maximum absolute atomic E-state index is 6.38. The molecular formula is C21H17BrOS2. The molecule has 25 heavy (non-hydrogen) atoms. The number of rotatable bonds is 3. The van der Waals surface area contributed by atoms with Gasteiger partial charge in [0.25, 0.3) is 0 Å². The number of thiophene rings is 2. The van der Waals surface area contributed by atoms with E-state index in [2.05, 4.69) is 66.3 Å². The zero-order valence-corrected chi connectivity index (χ0v) is 17.4. The summed E-state index contributed by atoms with van der Waals surface area (Å²) in [5.74, 6) is 1.85. The van der Waals surface area contributed by atoms with E-state index < -0.39 is 0 Å². The standard InChI is InChI=1S/C21H17BrOS2/c1-12-8-15(11-24-12)21-18(17-9-13(2)25-14(17)3)10-20(23-21)16-6-4-5-7-19(16)22/h4-11H,1-3H3. The third kappa shape index (κ3) is 3.14. The van der Waals surface area contributed by atoms with Gasteiger partial charge in [-0.05, 0) is 50.6 Å². The average Bonchev–Trinajstić information content (AvgIpc) is 3.26. The van der Waals surface area contributed by atoms with Crippen LogP contribution in [0.2, 0.25) is 0 Å². The van der Waals surface area contributed by atoms with Crippen LogP contribution in [-0.4, -0.2) is 0 Å². The monoisotopic (exact) mass is 428 g/mol. The van der Waals surface area contributed by atoms with Crippen molar-refractivity contribution in [3.63, 3.8) is 0 Å². The van der Waals surface area contributed by atoms with Crippen molar-refractivity contribution in [3.05, 3.63) is 66.9 Å². The van der Waals surface area contributed by atoms with Gasteiger partial charge in [-0.25, -0.2) is 0 Å². The molecule has 0 amide bonds. The fourth-order valence-electron chi connectivity index (χ4n) is 3.06. The molecule has 0 atom stereocenters. The van der Waals surface area contributed by atoms with Crippen molar-refractivity contribution in [3.8, 4) is 33.8 Å². The Kier molecular flexibility index (Phi) is 4.44. The maximum Gasteiger partial charge on any atom is 0.143 e. The zero-order chi connectivity index (χ0) is 17.6. The minimum absolute atomic E-state index is 0.893. The molecule has 4 heteroatoms. The highest BCUT2D eigenvalue weighted by atomic mass is 79.9. The summed E-state index contributed by atoms with van der Waals surface area (Å²) in [4.78, 5) is 3.94. The number of hydrogen-bond donors (Lipinski definition) is 0. The lowest BCUT2D eigenvalue weighted by Crippen LogP contribution is -1.77. The van der Waals surface area contributed by atoms with E-state index in [4.69, 9.17) is 4.42 Å². The average molecular weight is 429 g/mol. The Hall–Kier alpha value is -1.62. The lowest BCUT2D eigenvalue weighted by Gasteiger charge is -2.00. The van der Waals surface area contributed by atoms with Crippen molar-refractivity contribution in [2.24, 2.45) is 0 Å². The van der Waals surface area contributed by atoms with Gasteiger partial charge in [-0.15, -0.1) is 22.7 Å². The molecule has 0 unspecified atom stereocenters. The zero-order valence-electron chi connectivity index (χ0n) is 14.2. The third-order valence-corrected chi connectivity index (χ3v) is 6.71. The molecule has 1 aromatic carbocycles. The SMILES string of the molecule is Cc1cc(-c2oc(-c3ccccc3Br)cc2-c2cc(C)sc2C)cs1. The summed E-state index contributed by atoms with van der Waals surface area (Å²) in [5.41, 5.74) is 4.67. The van der Waals surface area contributed by atoms with Crippen LogP contribution in [0.3, 0.4) is 0 Å². The van der Waals surface area contributed by atoms with Gasteiger partial charge in [0.15, 0.2) is 0 Å². The predicted molar refractivity (Wildman–Crippen MR) is 113 cm³/mol. The quantitative estimate of drug-likeness (QED) is 0.321. The van der Waals surface area contributed by atoms with E-state index in [1.165, 1.54) is 25.8 Å². The Balaban J connectivity index is 1.95. The lowest BCUT2D eigenvalue weighted by molar-refractivity contribution is 0.598. The molecule has 0 saturated heterocycles. The summed E-state index contributed by atoms with van der Waals surface area (Å²) in [6.45, 7) is 6.47. The van der Waals surface area contributed by atoms with E-state index in [-0.39, 0.29) is 0 Å². The van der Waals surface area contributed by atoms with Crippen molar-refractivity contribution in [2.75, 3.05) is 0 Å². The van der Waals surface area contributed by atoms with Crippen LogP contribution in [0.15, 0.2) is 56.7 Å². The second-order valence-electron chi connectivity index (χ2n) is 6.11. The molecule has 3 aromatic heterocycles. The molecule has 4 aromatic rings. The van der Waals surface area contributed by atoms with E-state index in [0.29, 0.717) is 0 Å². The molecule has 4 rings (SSSR count). The minimum Gasteiger partial charge on any atom is -0.455 e. The highest BCUT2D eigenvalue weighted by Crippen LogP contribution is 2.44. The Morgan fingerprint density at radius 2 is 1.68 bits per heavy atom. The first-order chi connectivity index (χ1) is 12.0. The molecule has 1 nitrogen and oxygen atoms in total. The molecule has 126 valence electrons. The van der Waals surface area contributed by atoms with Crippen LogP contribution in [0.25, 0.3) is 33.8 Å². The van der Waals surface area contributed by atoms with Crippen molar-refractivity contribution in [2.45, 2.75) is 20.8 Å². The molecule has 0 aliphatic rings. The smallest absolute Gasteiger partial charge is 0.143 e. The maximum atomic E-state index is 6.38. The summed E-state index contributed by atoms with van der Waals surface area (Å²) in [5, 5.41) is 2.18. The molecule has 0 spiro atoms. The molecule has 0 aliphatic heterocycles. The number of aryl methyl sites for hydroxylation is 3. The number of furan rings is 1. The van der Waals surface area contributed by atoms with Crippen molar-refractivity contribution >= 4 is 38.6 Å². The summed E-state index contributed by atoms with van der Waals surface area (Å²) in [6.07, 6.45) is 0. The number of benzene rings is 1. The second-order valence-corrected chi connectivity index (χ2v) is 9.54. The van der Waals surface area contributed by atoms with Gasteiger partial charge in [-0.1, -0.05) is 34.1 Å². The van der Waals surface area contributed by atoms with E-state index in [1.807, 2.05) is 29.5 Å².